The summed E-state index contributed by atoms with van der Waals surface area (Å²) in [7, 11) is 3.47. The molecule has 3 rings (SSSR count). The number of pyridine rings is 1. The molecule has 3 amide bonds. The third kappa shape index (κ3) is 7.41. The van der Waals surface area contributed by atoms with Gasteiger partial charge in [-0.25, -0.2) is 4.79 Å². The fourth-order valence-corrected chi connectivity index (χ4v) is 4.29. The first-order valence-corrected chi connectivity index (χ1v) is 12.5. The van der Waals surface area contributed by atoms with E-state index < -0.39 is 0 Å². The van der Waals surface area contributed by atoms with E-state index in [9.17, 15) is 9.59 Å². The molecule has 36 heavy (non-hydrogen) atoms. The largest absolute Gasteiger partial charge is 0.491 e. The van der Waals surface area contributed by atoms with Crippen LogP contribution in [-0.4, -0.2) is 79.3 Å². The number of carbonyl (C=O) groups excluding carboxylic acids is 2. The lowest BCUT2D eigenvalue weighted by Gasteiger charge is -2.36. The van der Waals surface area contributed by atoms with Gasteiger partial charge in [-0.1, -0.05) is 19.9 Å². The molecule has 0 aliphatic carbocycles. The molecule has 0 saturated carbocycles. The summed E-state index contributed by atoms with van der Waals surface area (Å²) in [5.41, 5.74) is 2.13. The summed E-state index contributed by atoms with van der Waals surface area (Å²) in [6.45, 7) is 9.16. The number of amides is 3. The molecule has 0 bridgehead atoms. The van der Waals surface area contributed by atoms with Crippen LogP contribution in [0.4, 0.5) is 10.5 Å². The first-order valence-electron chi connectivity index (χ1n) is 12.5. The molecule has 2 aromatic rings. The average Bonchev–Trinajstić information content (AvgIpc) is 2.88. The SMILES string of the molecule is CCCNC(=O)Nc1ccc2c(c1)OC[C@@H](C)N(Cc1cccnc1)C[C@@H](C)[C@@H](OC)CN(C)C2=O. The smallest absolute Gasteiger partial charge is 0.319 e. The van der Waals surface area contributed by atoms with Crippen LogP contribution in [0.15, 0.2) is 42.7 Å². The minimum atomic E-state index is -0.290. The summed E-state index contributed by atoms with van der Waals surface area (Å²) in [5.74, 6) is 0.467. The van der Waals surface area contributed by atoms with Crippen molar-refractivity contribution in [1.29, 1.82) is 0 Å². The van der Waals surface area contributed by atoms with E-state index in [1.54, 1.807) is 43.5 Å². The molecule has 1 aliphatic heterocycles. The van der Waals surface area contributed by atoms with Gasteiger partial charge in [0.1, 0.15) is 12.4 Å². The molecule has 0 saturated heterocycles. The monoisotopic (exact) mass is 497 g/mol. The number of aromatic nitrogens is 1. The molecule has 0 radical (unpaired) electrons. The molecule has 0 unspecified atom stereocenters. The molecule has 9 nitrogen and oxygen atoms in total. The van der Waals surface area contributed by atoms with Gasteiger partial charge < -0.3 is 25.0 Å². The van der Waals surface area contributed by atoms with E-state index in [4.69, 9.17) is 9.47 Å². The Morgan fingerprint density at radius 1 is 1.25 bits per heavy atom. The molecule has 0 spiro atoms. The summed E-state index contributed by atoms with van der Waals surface area (Å²) >= 11 is 0. The zero-order chi connectivity index (χ0) is 26.1. The number of rotatable bonds is 6. The van der Waals surface area contributed by atoms with Crippen molar-refractivity contribution in [3.63, 3.8) is 0 Å². The summed E-state index contributed by atoms with van der Waals surface area (Å²) in [4.78, 5) is 33.8. The molecular weight excluding hydrogens is 458 g/mol. The first-order chi connectivity index (χ1) is 17.3. The summed E-state index contributed by atoms with van der Waals surface area (Å²) < 4.78 is 12.1. The minimum Gasteiger partial charge on any atom is -0.491 e. The van der Waals surface area contributed by atoms with Crippen molar-refractivity contribution in [3.05, 3.63) is 53.9 Å². The number of methoxy groups -OCH3 is 1. The maximum absolute atomic E-state index is 13.4. The zero-order valence-corrected chi connectivity index (χ0v) is 22.0. The van der Waals surface area contributed by atoms with Crippen molar-refractivity contribution in [1.82, 2.24) is 20.1 Å². The topological polar surface area (TPSA) is 96.0 Å². The number of benzene rings is 1. The van der Waals surface area contributed by atoms with Crippen LogP contribution in [0, 0.1) is 5.92 Å². The number of urea groups is 1. The molecule has 1 aromatic heterocycles. The van der Waals surface area contributed by atoms with Crippen LogP contribution in [0.2, 0.25) is 0 Å². The van der Waals surface area contributed by atoms with Crippen LogP contribution in [-0.2, 0) is 11.3 Å². The van der Waals surface area contributed by atoms with Crippen LogP contribution in [0.5, 0.6) is 5.75 Å². The highest BCUT2D eigenvalue weighted by molar-refractivity contribution is 5.98. The number of hydrogen-bond donors (Lipinski definition) is 2. The quantitative estimate of drug-likeness (QED) is 0.633. The highest BCUT2D eigenvalue weighted by atomic mass is 16.5. The normalized spacial score (nSPS) is 21.5. The molecule has 9 heteroatoms. The molecule has 1 aliphatic rings. The Bertz CT molecular complexity index is 1000. The third-order valence-electron chi connectivity index (χ3n) is 6.48. The summed E-state index contributed by atoms with van der Waals surface area (Å²) in [6.07, 6.45) is 4.37. The molecule has 0 fully saturated rings. The molecule has 196 valence electrons. The van der Waals surface area contributed by atoms with Crippen molar-refractivity contribution >= 4 is 17.6 Å². The van der Waals surface area contributed by atoms with Crippen LogP contribution in [0.25, 0.3) is 0 Å². The number of fused-ring (bicyclic) bond motifs is 1. The van der Waals surface area contributed by atoms with Crippen LogP contribution in [0.3, 0.4) is 0 Å². The van der Waals surface area contributed by atoms with Gasteiger partial charge in [0, 0.05) is 70.5 Å². The van der Waals surface area contributed by atoms with Crippen LogP contribution in [0.1, 0.15) is 43.1 Å². The standard InChI is InChI=1S/C27H39N5O4/c1-6-11-29-27(34)30-22-9-10-23-24(13-22)36-18-20(3)32(16-21-8-7-12-28-14-21)15-19(2)25(35-5)17-31(4)26(23)33/h7-10,12-14,19-20,25H,6,11,15-18H2,1-5H3,(H2,29,30,34)/t19-,20-,25+/m1/s1. The van der Waals surface area contributed by atoms with E-state index in [1.165, 1.54) is 0 Å². The van der Waals surface area contributed by atoms with Gasteiger partial charge in [0.25, 0.3) is 5.91 Å². The fraction of sp³-hybridized carbons (Fsp3) is 0.519. The Labute approximate surface area is 214 Å². The number of carbonyl (C=O) groups is 2. The van der Waals surface area contributed by atoms with E-state index >= 15 is 0 Å². The predicted molar refractivity (Wildman–Crippen MR) is 140 cm³/mol. The Balaban J connectivity index is 1.90. The van der Waals surface area contributed by atoms with Crippen molar-refractivity contribution in [2.75, 3.05) is 45.7 Å². The molecule has 2 heterocycles. The van der Waals surface area contributed by atoms with Gasteiger partial charge >= 0.3 is 6.03 Å². The van der Waals surface area contributed by atoms with Gasteiger partial charge in [0.2, 0.25) is 0 Å². The lowest BCUT2D eigenvalue weighted by Crippen LogP contribution is -2.46. The van der Waals surface area contributed by atoms with E-state index in [2.05, 4.69) is 40.4 Å². The number of nitrogens with zero attached hydrogens (tertiary/aromatic N) is 3. The number of ether oxygens (including phenoxy) is 2. The molecule has 1 aromatic carbocycles. The second-order valence-corrected chi connectivity index (χ2v) is 9.48. The van der Waals surface area contributed by atoms with Crippen molar-refractivity contribution in [2.45, 2.75) is 45.9 Å². The highest BCUT2D eigenvalue weighted by Gasteiger charge is 2.28. The molecule has 3 atom stereocenters. The number of hydrogen-bond acceptors (Lipinski definition) is 6. The van der Waals surface area contributed by atoms with E-state index in [0.29, 0.717) is 36.7 Å². The Morgan fingerprint density at radius 3 is 2.75 bits per heavy atom. The zero-order valence-electron chi connectivity index (χ0n) is 22.0. The van der Waals surface area contributed by atoms with Crippen molar-refractivity contribution in [3.8, 4) is 5.75 Å². The second kappa shape index (κ2) is 13.2. The summed E-state index contributed by atoms with van der Waals surface area (Å²) in [6, 6.07) is 8.91. The van der Waals surface area contributed by atoms with Gasteiger partial charge in [-0.2, -0.15) is 0 Å². The molecular formula is C27H39N5O4. The maximum Gasteiger partial charge on any atom is 0.319 e. The minimum absolute atomic E-state index is 0.0507. The van der Waals surface area contributed by atoms with E-state index in [-0.39, 0.29) is 30.0 Å². The van der Waals surface area contributed by atoms with E-state index in [1.807, 2.05) is 19.2 Å². The first kappa shape index (κ1) is 27.4. The Hall–Kier alpha value is -3.17. The number of nitrogens with one attached hydrogen (secondary N) is 2. The molecule has 2 N–H and O–H groups in total. The van der Waals surface area contributed by atoms with Crippen LogP contribution >= 0.6 is 0 Å². The third-order valence-corrected chi connectivity index (χ3v) is 6.48. The van der Waals surface area contributed by atoms with Gasteiger partial charge in [0.05, 0.1) is 11.7 Å². The van der Waals surface area contributed by atoms with Gasteiger partial charge in [-0.3, -0.25) is 14.7 Å². The van der Waals surface area contributed by atoms with Gasteiger partial charge in [0.15, 0.2) is 0 Å². The van der Waals surface area contributed by atoms with Crippen molar-refractivity contribution in [2.24, 2.45) is 5.92 Å². The van der Waals surface area contributed by atoms with Crippen molar-refractivity contribution < 1.29 is 19.1 Å². The van der Waals surface area contributed by atoms with E-state index in [0.717, 1.165) is 25.1 Å². The summed E-state index contributed by atoms with van der Waals surface area (Å²) in [5, 5.41) is 5.61. The van der Waals surface area contributed by atoms with Gasteiger partial charge in [-0.15, -0.1) is 0 Å². The fourth-order valence-electron chi connectivity index (χ4n) is 4.29. The van der Waals surface area contributed by atoms with Gasteiger partial charge in [-0.05, 0) is 43.0 Å². The maximum atomic E-state index is 13.4. The number of likely N-dealkylation sites (N-methyl/N-ethyl adjacent to an activating group) is 1. The Morgan fingerprint density at radius 2 is 2.06 bits per heavy atom. The lowest BCUT2D eigenvalue weighted by atomic mass is 10.0. The Kier molecular flexibility index (Phi) is 10.1. The average molecular weight is 498 g/mol. The second-order valence-electron chi connectivity index (χ2n) is 9.48. The lowest BCUT2D eigenvalue weighted by molar-refractivity contribution is 0.00920. The number of anilines is 1. The highest BCUT2D eigenvalue weighted by Crippen LogP contribution is 2.27. The predicted octanol–water partition coefficient (Wildman–Crippen LogP) is 3.62. The van der Waals surface area contributed by atoms with Crippen LogP contribution < -0.4 is 15.4 Å².